The summed E-state index contributed by atoms with van der Waals surface area (Å²) in [6.07, 6.45) is 5.40. The summed E-state index contributed by atoms with van der Waals surface area (Å²) in [5.74, 6) is 4.27. The molecule has 0 fully saturated rings. The van der Waals surface area contributed by atoms with E-state index in [2.05, 4.69) is 21.7 Å². The number of benzene rings is 2. The number of carbonyl (C=O) groups excluding carboxylic acids is 1. The Balaban J connectivity index is 1.81. The summed E-state index contributed by atoms with van der Waals surface area (Å²) in [4.78, 5) is 15.4. The number of methoxy groups -OCH3 is 1. The highest BCUT2D eigenvalue weighted by Gasteiger charge is 2.36. The molecule has 0 saturated carbocycles. The van der Waals surface area contributed by atoms with E-state index in [9.17, 15) is 4.79 Å². The molecule has 3 aromatic rings. The number of rotatable bonds is 7. The number of ether oxygens (including phenoxy) is 2. The third kappa shape index (κ3) is 4.98. The number of hydrogen-bond donors (Lipinski definition) is 2. The SMILES string of the molecule is C#CCOc1ccccc1[C@H]1NC(=S)N(c2ccc(OC)cc2)C(C)=C1C(=O)Nc1cc(C)on1. The van der Waals surface area contributed by atoms with Crippen molar-refractivity contribution in [2.75, 3.05) is 23.9 Å². The number of nitrogens with one attached hydrogen (secondary N) is 2. The first-order valence-electron chi connectivity index (χ1n) is 10.8. The van der Waals surface area contributed by atoms with Crippen LogP contribution in [0, 0.1) is 19.3 Å². The van der Waals surface area contributed by atoms with Gasteiger partial charge in [0.15, 0.2) is 10.9 Å². The van der Waals surface area contributed by atoms with Crippen LogP contribution in [0.4, 0.5) is 11.5 Å². The number of para-hydroxylation sites is 1. The molecular weight excluding hydrogens is 464 g/mol. The fraction of sp³-hybridized carbons (Fsp3) is 0.192. The molecule has 8 nitrogen and oxygen atoms in total. The van der Waals surface area contributed by atoms with Crippen molar-refractivity contribution >= 4 is 34.7 Å². The van der Waals surface area contributed by atoms with Crippen molar-refractivity contribution in [3.05, 3.63) is 77.2 Å². The Morgan fingerprint density at radius 1 is 1.26 bits per heavy atom. The highest BCUT2D eigenvalue weighted by molar-refractivity contribution is 7.80. The molecule has 0 radical (unpaired) electrons. The van der Waals surface area contributed by atoms with Crippen LogP contribution in [0.15, 0.2) is 70.4 Å². The van der Waals surface area contributed by atoms with Crippen molar-refractivity contribution in [1.82, 2.24) is 10.5 Å². The van der Waals surface area contributed by atoms with Crippen LogP contribution >= 0.6 is 12.2 Å². The summed E-state index contributed by atoms with van der Waals surface area (Å²) in [5.41, 5.74) is 2.58. The standard InChI is InChI=1S/C26H24N4O4S/c1-5-14-33-21-9-7-6-8-20(21)24-23(25(31)27-22-15-16(2)34-29-22)17(3)30(26(35)28-24)18-10-12-19(32-4)13-11-18/h1,6-13,15,24H,14H2,2-4H3,(H,28,35)(H,27,29,31)/t24-/m1/s1. The molecule has 1 atom stereocenters. The average Bonchev–Trinajstić information content (AvgIpc) is 3.27. The zero-order valence-corrected chi connectivity index (χ0v) is 20.3. The molecule has 1 aliphatic rings. The van der Waals surface area contributed by atoms with Gasteiger partial charge < -0.3 is 24.6 Å². The summed E-state index contributed by atoms with van der Waals surface area (Å²) in [7, 11) is 1.60. The third-order valence-electron chi connectivity index (χ3n) is 5.47. The maximum absolute atomic E-state index is 13.6. The number of terminal acetylenes is 1. The molecule has 0 unspecified atom stereocenters. The Morgan fingerprint density at radius 3 is 2.66 bits per heavy atom. The lowest BCUT2D eigenvalue weighted by molar-refractivity contribution is -0.113. The molecule has 2 heterocycles. The third-order valence-corrected chi connectivity index (χ3v) is 5.77. The number of amides is 1. The number of nitrogens with zero attached hydrogens (tertiary/aromatic N) is 2. The molecule has 9 heteroatoms. The Hall–Kier alpha value is -4.29. The van der Waals surface area contributed by atoms with Gasteiger partial charge in [-0.05, 0) is 56.4 Å². The zero-order valence-electron chi connectivity index (χ0n) is 19.5. The van der Waals surface area contributed by atoms with Gasteiger partial charge in [0, 0.05) is 23.0 Å². The van der Waals surface area contributed by atoms with Crippen LogP contribution in [0.1, 0.15) is 24.3 Å². The van der Waals surface area contributed by atoms with E-state index in [1.807, 2.05) is 49.4 Å². The normalized spacial score (nSPS) is 15.3. The van der Waals surface area contributed by atoms with Crippen LogP contribution in [0.3, 0.4) is 0 Å². The Morgan fingerprint density at radius 2 is 2.00 bits per heavy atom. The van der Waals surface area contributed by atoms with E-state index in [1.54, 1.807) is 31.1 Å². The monoisotopic (exact) mass is 488 g/mol. The van der Waals surface area contributed by atoms with E-state index >= 15 is 0 Å². The van der Waals surface area contributed by atoms with E-state index in [1.165, 1.54) is 0 Å². The lowest BCUT2D eigenvalue weighted by Crippen LogP contribution is -2.48. The van der Waals surface area contributed by atoms with E-state index in [0.29, 0.717) is 39.5 Å². The maximum Gasteiger partial charge on any atom is 0.257 e. The first-order chi connectivity index (χ1) is 16.9. The molecular formula is C26H24N4O4S. The van der Waals surface area contributed by atoms with Crippen molar-refractivity contribution in [3.63, 3.8) is 0 Å². The van der Waals surface area contributed by atoms with Crippen molar-refractivity contribution in [1.29, 1.82) is 0 Å². The van der Waals surface area contributed by atoms with Crippen LogP contribution in [-0.4, -0.2) is 29.9 Å². The molecule has 1 aromatic heterocycles. The molecule has 0 bridgehead atoms. The summed E-state index contributed by atoms with van der Waals surface area (Å²) in [5, 5.41) is 10.5. The van der Waals surface area contributed by atoms with Gasteiger partial charge in [0.1, 0.15) is 23.9 Å². The summed E-state index contributed by atoms with van der Waals surface area (Å²) >= 11 is 5.74. The van der Waals surface area contributed by atoms with Crippen LogP contribution in [-0.2, 0) is 4.79 Å². The lowest BCUT2D eigenvalue weighted by atomic mass is 9.93. The molecule has 178 valence electrons. The van der Waals surface area contributed by atoms with Gasteiger partial charge in [0.2, 0.25) is 0 Å². The van der Waals surface area contributed by atoms with Crippen molar-refractivity contribution in [2.24, 2.45) is 0 Å². The largest absolute Gasteiger partial charge is 0.497 e. The quantitative estimate of drug-likeness (QED) is 0.375. The average molecular weight is 489 g/mol. The fourth-order valence-electron chi connectivity index (χ4n) is 3.89. The molecule has 0 saturated heterocycles. The molecule has 2 aromatic carbocycles. The summed E-state index contributed by atoms with van der Waals surface area (Å²) in [6, 6.07) is 15.8. The highest BCUT2D eigenvalue weighted by atomic mass is 32.1. The van der Waals surface area contributed by atoms with Crippen LogP contribution < -0.4 is 25.0 Å². The molecule has 1 aliphatic heterocycles. The van der Waals surface area contributed by atoms with Crippen LogP contribution in [0.2, 0.25) is 0 Å². The lowest BCUT2D eigenvalue weighted by Gasteiger charge is -2.38. The number of allylic oxidation sites excluding steroid dienone is 1. The summed E-state index contributed by atoms with van der Waals surface area (Å²) in [6.45, 7) is 3.69. The van der Waals surface area contributed by atoms with Gasteiger partial charge in [-0.15, -0.1) is 6.42 Å². The van der Waals surface area contributed by atoms with E-state index in [4.69, 9.17) is 32.6 Å². The topological polar surface area (TPSA) is 88.9 Å². The maximum atomic E-state index is 13.6. The summed E-state index contributed by atoms with van der Waals surface area (Å²) < 4.78 is 16.1. The number of aromatic nitrogens is 1. The number of anilines is 2. The van der Waals surface area contributed by atoms with Gasteiger partial charge in [-0.2, -0.15) is 0 Å². The molecule has 2 N–H and O–H groups in total. The Labute approximate surface area is 208 Å². The number of aryl methyl sites for hydroxylation is 1. The van der Waals surface area contributed by atoms with E-state index < -0.39 is 6.04 Å². The first kappa shape index (κ1) is 23.9. The van der Waals surface area contributed by atoms with Gasteiger partial charge in [-0.1, -0.05) is 29.3 Å². The second kappa shape index (κ2) is 10.3. The second-order valence-corrected chi connectivity index (χ2v) is 8.11. The highest BCUT2D eigenvalue weighted by Crippen LogP contribution is 2.38. The van der Waals surface area contributed by atoms with Crippen LogP contribution in [0.5, 0.6) is 11.5 Å². The molecule has 1 amide bonds. The zero-order chi connectivity index (χ0) is 24.9. The fourth-order valence-corrected chi connectivity index (χ4v) is 4.25. The van der Waals surface area contributed by atoms with Gasteiger partial charge in [0.05, 0.1) is 18.7 Å². The minimum Gasteiger partial charge on any atom is -0.497 e. The minimum absolute atomic E-state index is 0.0919. The predicted octanol–water partition coefficient (Wildman–Crippen LogP) is 4.35. The molecule has 0 spiro atoms. The van der Waals surface area contributed by atoms with Crippen LogP contribution in [0.25, 0.3) is 0 Å². The Bertz CT molecular complexity index is 1320. The van der Waals surface area contributed by atoms with Gasteiger partial charge in [-0.3, -0.25) is 9.69 Å². The van der Waals surface area contributed by atoms with E-state index in [0.717, 1.165) is 11.3 Å². The molecule has 35 heavy (non-hydrogen) atoms. The molecule has 0 aliphatic carbocycles. The predicted molar refractivity (Wildman–Crippen MR) is 137 cm³/mol. The van der Waals surface area contributed by atoms with Gasteiger partial charge in [-0.25, -0.2) is 0 Å². The van der Waals surface area contributed by atoms with Gasteiger partial charge >= 0.3 is 0 Å². The van der Waals surface area contributed by atoms with Gasteiger partial charge in [0.25, 0.3) is 5.91 Å². The number of thiocarbonyl (C=S) groups is 1. The first-order valence-corrected chi connectivity index (χ1v) is 11.2. The minimum atomic E-state index is -0.598. The van der Waals surface area contributed by atoms with Crippen molar-refractivity contribution < 1.29 is 18.8 Å². The Kier molecular flexibility index (Phi) is 7.03. The number of hydrogen-bond acceptors (Lipinski definition) is 6. The second-order valence-electron chi connectivity index (χ2n) is 7.72. The van der Waals surface area contributed by atoms with Crippen molar-refractivity contribution in [3.8, 4) is 23.8 Å². The smallest absolute Gasteiger partial charge is 0.257 e. The number of carbonyl (C=O) groups is 1. The van der Waals surface area contributed by atoms with Crippen molar-refractivity contribution in [2.45, 2.75) is 19.9 Å². The molecule has 4 rings (SSSR count). The van der Waals surface area contributed by atoms with E-state index in [-0.39, 0.29) is 12.5 Å².